The topological polar surface area (TPSA) is 63.2 Å². The molecule has 2 aliphatic carbocycles. The van der Waals surface area contributed by atoms with Crippen molar-refractivity contribution in [2.75, 3.05) is 0 Å². The van der Waals surface area contributed by atoms with Crippen LogP contribution in [0.5, 0.6) is 0 Å². The second-order valence-electron chi connectivity index (χ2n) is 8.07. The van der Waals surface area contributed by atoms with E-state index in [0.29, 0.717) is 11.8 Å². The first-order valence-corrected chi connectivity index (χ1v) is 11.2. The normalized spacial score (nSPS) is 27.3. The molecule has 2 saturated carbocycles. The van der Waals surface area contributed by atoms with Crippen molar-refractivity contribution < 1.29 is 13.2 Å². The summed E-state index contributed by atoms with van der Waals surface area (Å²) in [6.07, 6.45) is 4.98. The van der Waals surface area contributed by atoms with Gasteiger partial charge in [0.05, 0.1) is 4.90 Å². The van der Waals surface area contributed by atoms with Gasteiger partial charge in [-0.3, -0.25) is 4.79 Å². The molecular weight excluding hydrogens is 402 g/mol. The van der Waals surface area contributed by atoms with E-state index < -0.39 is 20.5 Å². The zero-order valence-corrected chi connectivity index (χ0v) is 17.4. The Labute approximate surface area is 158 Å². The molecule has 0 aliphatic heterocycles. The smallest absolute Gasteiger partial charge is 0.241 e. The minimum absolute atomic E-state index is 0.0159. The van der Waals surface area contributed by atoms with E-state index in [1.54, 1.807) is 12.1 Å². The van der Waals surface area contributed by atoms with E-state index >= 15 is 0 Å². The highest BCUT2D eigenvalue weighted by Gasteiger charge is 2.46. The number of halogens is 1. The number of carbonyl (C=O) groups is 1. The molecule has 0 aromatic heterocycles. The van der Waals surface area contributed by atoms with Gasteiger partial charge in [0.1, 0.15) is 4.75 Å². The van der Waals surface area contributed by atoms with E-state index in [4.69, 9.17) is 0 Å². The van der Waals surface area contributed by atoms with Gasteiger partial charge < -0.3 is 5.32 Å². The molecule has 25 heavy (non-hydrogen) atoms. The molecule has 4 atom stereocenters. The van der Waals surface area contributed by atoms with Crippen LogP contribution in [0.2, 0.25) is 0 Å². The van der Waals surface area contributed by atoms with Gasteiger partial charge >= 0.3 is 0 Å². The summed E-state index contributed by atoms with van der Waals surface area (Å²) in [5.41, 5.74) is 0. The Balaban J connectivity index is 1.74. The highest BCUT2D eigenvalue weighted by atomic mass is 79.9. The molecule has 0 radical (unpaired) electrons. The number of hydrogen-bond donors (Lipinski definition) is 1. The van der Waals surface area contributed by atoms with Crippen molar-refractivity contribution in [3.8, 4) is 0 Å². The van der Waals surface area contributed by atoms with Gasteiger partial charge in [-0.1, -0.05) is 22.4 Å². The average Bonchev–Trinajstić information content (AvgIpc) is 3.18. The quantitative estimate of drug-likeness (QED) is 0.773. The van der Waals surface area contributed by atoms with Crippen molar-refractivity contribution in [2.45, 2.75) is 62.1 Å². The van der Waals surface area contributed by atoms with Crippen molar-refractivity contribution in [2.24, 2.45) is 17.8 Å². The van der Waals surface area contributed by atoms with Crippen LogP contribution in [0.4, 0.5) is 0 Å². The van der Waals surface area contributed by atoms with Crippen molar-refractivity contribution in [3.63, 3.8) is 0 Å². The summed E-state index contributed by atoms with van der Waals surface area (Å²) in [5.74, 6) is 1.56. The van der Waals surface area contributed by atoms with E-state index in [9.17, 15) is 13.2 Å². The summed E-state index contributed by atoms with van der Waals surface area (Å²) in [7, 11) is -3.77. The Morgan fingerprint density at radius 1 is 1.20 bits per heavy atom. The molecule has 2 fully saturated rings. The molecule has 1 aromatic rings. The maximum absolute atomic E-state index is 13.0. The van der Waals surface area contributed by atoms with Crippen LogP contribution in [0.25, 0.3) is 0 Å². The van der Waals surface area contributed by atoms with Gasteiger partial charge in [0.25, 0.3) is 0 Å². The summed E-state index contributed by atoms with van der Waals surface area (Å²) in [4.78, 5) is 13.0. The molecule has 3 rings (SSSR count). The average molecular weight is 428 g/mol. The number of rotatable bonds is 5. The van der Waals surface area contributed by atoms with Crippen LogP contribution in [0.1, 0.15) is 46.5 Å². The fourth-order valence-electron chi connectivity index (χ4n) is 4.42. The molecule has 0 saturated heterocycles. The van der Waals surface area contributed by atoms with Gasteiger partial charge in [0.15, 0.2) is 9.84 Å². The Morgan fingerprint density at radius 3 is 2.36 bits per heavy atom. The fourth-order valence-corrected chi connectivity index (χ4v) is 6.08. The first kappa shape index (κ1) is 18.9. The highest BCUT2D eigenvalue weighted by molar-refractivity contribution is 9.10. The van der Waals surface area contributed by atoms with Crippen molar-refractivity contribution in [1.29, 1.82) is 0 Å². The number of carbonyl (C=O) groups excluding carboxylic acids is 1. The third-order valence-electron chi connectivity index (χ3n) is 6.14. The van der Waals surface area contributed by atoms with Crippen molar-refractivity contribution in [3.05, 3.63) is 28.7 Å². The third kappa shape index (κ3) is 3.39. The largest absolute Gasteiger partial charge is 0.352 e. The lowest BCUT2D eigenvalue weighted by Crippen LogP contribution is -2.52. The molecule has 1 aromatic carbocycles. The summed E-state index contributed by atoms with van der Waals surface area (Å²) < 4.78 is 25.2. The number of sulfone groups is 1. The first-order valence-electron chi connectivity index (χ1n) is 8.94. The minimum atomic E-state index is -3.77. The zero-order chi connectivity index (χ0) is 18.4. The Bertz CT molecular complexity index is 757. The van der Waals surface area contributed by atoms with Gasteiger partial charge in [-0.05, 0) is 82.1 Å². The standard InChI is InChI=1S/C19H26BrNO3S/c1-12(17-11-13-4-5-14(17)10-13)21-18(22)19(2,3)25(23,24)16-8-6-15(20)7-9-16/h6-9,12-14,17H,4-5,10-11H2,1-3H3,(H,21,22)/t12-,13+,14+,17-/m1/s1. The first-order chi connectivity index (χ1) is 11.6. The van der Waals surface area contributed by atoms with Gasteiger partial charge in [0.2, 0.25) is 5.91 Å². The molecule has 6 heteroatoms. The zero-order valence-electron chi connectivity index (χ0n) is 15.0. The van der Waals surface area contributed by atoms with Gasteiger partial charge in [-0.25, -0.2) is 8.42 Å². The van der Waals surface area contributed by atoms with Gasteiger partial charge in [-0.2, -0.15) is 0 Å². The lowest BCUT2D eigenvalue weighted by atomic mass is 9.84. The number of hydrogen-bond acceptors (Lipinski definition) is 3. The Kier molecular flexibility index (Phi) is 5.06. The van der Waals surface area contributed by atoms with E-state index in [2.05, 4.69) is 21.2 Å². The highest BCUT2D eigenvalue weighted by Crippen LogP contribution is 2.49. The lowest BCUT2D eigenvalue weighted by molar-refractivity contribution is -0.124. The van der Waals surface area contributed by atoms with Crippen LogP contribution < -0.4 is 5.32 Å². The molecule has 138 valence electrons. The predicted molar refractivity (Wildman–Crippen MR) is 102 cm³/mol. The third-order valence-corrected chi connectivity index (χ3v) is 9.09. The van der Waals surface area contributed by atoms with Gasteiger partial charge in [-0.15, -0.1) is 0 Å². The number of nitrogens with one attached hydrogen (secondary N) is 1. The van der Waals surface area contributed by atoms with Crippen LogP contribution in [-0.4, -0.2) is 25.1 Å². The molecular formula is C19H26BrNO3S. The van der Waals surface area contributed by atoms with E-state index in [1.165, 1.54) is 45.2 Å². The maximum atomic E-state index is 13.0. The summed E-state index contributed by atoms with van der Waals surface area (Å²) in [6, 6.07) is 6.45. The second kappa shape index (κ2) is 6.69. The van der Waals surface area contributed by atoms with Crippen molar-refractivity contribution in [1.82, 2.24) is 5.32 Å². The van der Waals surface area contributed by atoms with Crippen LogP contribution >= 0.6 is 15.9 Å². The van der Waals surface area contributed by atoms with Crippen LogP contribution in [0.3, 0.4) is 0 Å². The molecule has 0 unspecified atom stereocenters. The van der Waals surface area contributed by atoms with Gasteiger partial charge in [0, 0.05) is 10.5 Å². The molecule has 1 N–H and O–H groups in total. The van der Waals surface area contributed by atoms with E-state index in [1.807, 2.05) is 6.92 Å². The number of benzene rings is 1. The summed E-state index contributed by atoms with van der Waals surface area (Å²) in [5, 5.41) is 3.01. The SMILES string of the molecule is C[C@@H](NC(=O)C(C)(C)S(=O)(=O)c1ccc(Br)cc1)[C@H]1C[C@H]2CC[C@H]1C2. The van der Waals surface area contributed by atoms with E-state index in [0.717, 1.165) is 16.8 Å². The number of amides is 1. The monoisotopic (exact) mass is 427 g/mol. The predicted octanol–water partition coefficient (Wildman–Crippen LogP) is 3.94. The second-order valence-corrected chi connectivity index (χ2v) is 11.5. The van der Waals surface area contributed by atoms with Crippen LogP contribution in [-0.2, 0) is 14.6 Å². The maximum Gasteiger partial charge on any atom is 0.241 e. The molecule has 1 amide bonds. The van der Waals surface area contributed by atoms with Crippen molar-refractivity contribution >= 4 is 31.7 Å². The Hall–Kier alpha value is -0.880. The number of fused-ring (bicyclic) bond motifs is 2. The molecule has 2 bridgehead atoms. The molecule has 0 spiro atoms. The summed E-state index contributed by atoms with van der Waals surface area (Å²) in [6.45, 7) is 5.01. The lowest BCUT2D eigenvalue weighted by Gasteiger charge is -2.32. The minimum Gasteiger partial charge on any atom is -0.352 e. The van der Waals surface area contributed by atoms with E-state index in [-0.39, 0.29) is 10.9 Å². The Morgan fingerprint density at radius 2 is 1.84 bits per heavy atom. The van der Waals surface area contributed by atoms with Crippen LogP contribution in [0.15, 0.2) is 33.6 Å². The van der Waals surface area contributed by atoms with Crippen LogP contribution in [0, 0.1) is 17.8 Å². The summed E-state index contributed by atoms with van der Waals surface area (Å²) >= 11 is 3.30. The molecule has 0 heterocycles. The molecule has 2 aliphatic rings. The molecule has 4 nitrogen and oxygen atoms in total. The fraction of sp³-hybridized carbons (Fsp3) is 0.632.